The zero-order valence-corrected chi connectivity index (χ0v) is 13.0. The molecule has 1 saturated heterocycles. The minimum absolute atomic E-state index is 0.212. The molecule has 106 valence electrons. The largest absolute Gasteiger partial charge is 0.334 e. The minimum Gasteiger partial charge on any atom is -0.334 e. The number of likely N-dealkylation sites (tertiary alicyclic amines) is 1. The van der Waals surface area contributed by atoms with Crippen molar-refractivity contribution in [3.8, 4) is 0 Å². The third-order valence-corrected chi connectivity index (χ3v) is 5.62. The molecule has 1 aliphatic rings. The van der Waals surface area contributed by atoms with Gasteiger partial charge in [0.2, 0.25) is 5.91 Å². The van der Waals surface area contributed by atoms with Crippen molar-refractivity contribution in [2.45, 2.75) is 38.3 Å². The van der Waals surface area contributed by atoms with E-state index in [4.69, 9.17) is 5.73 Å². The predicted octanol–water partition coefficient (Wildman–Crippen LogP) is 2.88. The molecule has 19 heavy (non-hydrogen) atoms. The zero-order chi connectivity index (χ0) is 13.7. The number of thioether (sulfide) groups is 1. The molecule has 2 heterocycles. The molecule has 1 aromatic heterocycles. The van der Waals surface area contributed by atoms with Gasteiger partial charge < -0.3 is 10.6 Å². The maximum Gasteiger partial charge on any atom is 0.233 e. The van der Waals surface area contributed by atoms with Crippen LogP contribution in [0.1, 0.15) is 37.1 Å². The molecule has 2 atom stereocenters. The lowest BCUT2D eigenvalue weighted by Crippen LogP contribution is -2.32. The third kappa shape index (κ3) is 3.97. The standard InChI is InChI=1S/C14H22N2OS2/c1-2-11(15)9-18-10-14(17)16-7-3-5-12(16)13-6-4-8-19-13/h4,6,8,11-12H,2-3,5,7,9-10,15H2,1H3. The molecule has 0 aromatic carbocycles. The average molecular weight is 298 g/mol. The fraction of sp³-hybridized carbons (Fsp3) is 0.643. The van der Waals surface area contributed by atoms with Crippen LogP contribution in [0.5, 0.6) is 0 Å². The maximum atomic E-state index is 12.3. The first-order valence-corrected chi connectivity index (χ1v) is 8.92. The molecule has 5 heteroatoms. The van der Waals surface area contributed by atoms with Gasteiger partial charge in [0.25, 0.3) is 0 Å². The Labute approximate surface area is 123 Å². The fourth-order valence-corrected chi connectivity index (χ4v) is 4.21. The Morgan fingerprint density at radius 1 is 1.68 bits per heavy atom. The summed E-state index contributed by atoms with van der Waals surface area (Å²) in [5.41, 5.74) is 5.87. The number of amides is 1. The van der Waals surface area contributed by atoms with Crippen molar-refractivity contribution >= 4 is 29.0 Å². The molecule has 0 aliphatic carbocycles. The molecule has 0 spiro atoms. The monoisotopic (exact) mass is 298 g/mol. The Kier molecular flexibility index (Phi) is 5.73. The van der Waals surface area contributed by atoms with Gasteiger partial charge in [-0.25, -0.2) is 0 Å². The minimum atomic E-state index is 0.212. The van der Waals surface area contributed by atoms with Gasteiger partial charge in [-0.2, -0.15) is 11.8 Å². The Morgan fingerprint density at radius 3 is 3.21 bits per heavy atom. The Morgan fingerprint density at radius 2 is 2.53 bits per heavy atom. The van der Waals surface area contributed by atoms with E-state index in [1.165, 1.54) is 4.88 Å². The first-order valence-electron chi connectivity index (χ1n) is 6.88. The Balaban J connectivity index is 1.84. The van der Waals surface area contributed by atoms with Crippen LogP contribution in [0.4, 0.5) is 0 Å². The molecule has 1 aromatic rings. The molecule has 0 radical (unpaired) electrons. The van der Waals surface area contributed by atoms with E-state index >= 15 is 0 Å². The lowest BCUT2D eigenvalue weighted by Gasteiger charge is -2.24. The van der Waals surface area contributed by atoms with Crippen molar-refractivity contribution < 1.29 is 4.79 Å². The van der Waals surface area contributed by atoms with Crippen LogP contribution in [-0.2, 0) is 4.79 Å². The van der Waals surface area contributed by atoms with Crippen molar-refractivity contribution in [3.05, 3.63) is 22.4 Å². The summed E-state index contributed by atoms with van der Waals surface area (Å²) in [5, 5.41) is 2.09. The average Bonchev–Trinajstić information content (AvgIpc) is 3.08. The van der Waals surface area contributed by atoms with E-state index in [-0.39, 0.29) is 11.9 Å². The third-order valence-electron chi connectivity index (χ3n) is 3.53. The first-order chi connectivity index (χ1) is 9.22. The van der Waals surface area contributed by atoms with Gasteiger partial charge in [-0.05, 0) is 30.7 Å². The molecular weight excluding hydrogens is 276 g/mol. The van der Waals surface area contributed by atoms with Gasteiger partial charge in [0.15, 0.2) is 0 Å². The first kappa shape index (κ1) is 14.9. The molecular formula is C14H22N2OS2. The zero-order valence-electron chi connectivity index (χ0n) is 11.4. The van der Waals surface area contributed by atoms with Crippen LogP contribution < -0.4 is 5.73 Å². The summed E-state index contributed by atoms with van der Waals surface area (Å²) < 4.78 is 0. The van der Waals surface area contributed by atoms with Crippen LogP contribution in [0.25, 0.3) is 0 Å². The van der Waals surface area contributed by atoms with Crippen LogP contribution in [0, 0.1) is 0 Å². The van der Waals surface area contributed by atoms with E-state index in [9.17, 15) is 4.79 Å². The van der Waals surface area contributed by atoms with Crippen LogP contribution in [0.3, 0.4) is 0 Å². The molecule has 2 N–H and O–H groups in total. The van der Waals surface area contributed by atoms with Gasteiger partial charge in [-0.15, -0.1) is 11.3 Å². The lowest BCUT2D eigenvalue weighted by molar-refractivity contribution is -0.129. The number of nitrogens with zero attached hydrogens (tertiary/aromatic N) is 1. The number of rotatable bonds is 6. The highest BCUT2D eigenvalue weighted by Crippen LogP contribution is 2.34. The lowest BCUT2D eigenvalue weighted by atomic mass is 10.2. The second-order valence-corrected chi connectivity index (χ2v) is 6.95. The van der Waals surface area contributed by atoms with Crippen molar-refractivity contribution in [2.75, 3.05) is 18.1 Å². The summed E-state index contributed by atoms with van der Waals surface area (Å²) in [6.07, 6.45) is 3.20. The van der Waals surface area contributed by atoms with Crippen molar-refractivity contribution in [3.63, 3.8) is 0 Å². The van der Waals surface area contributed by atoms with Gasteiger partial charge in [0.05, 0.1) is 11.8 Å². The number of hydrogen-bond acceptors (Lipinski definition) is 4. The summed E-state index contributed by atoms with van der Waals surface area (Å²) >= 11 is 3.42. The Bertz CT molecular complexity index is 394. The molecule has 0 saturated carbocycles. The number of carbonyl (C=O) groups is 1. The van der Waals surface area contributed by atoms with Gasteiger partial charge in [-0.1, -0.05) is 13.0 Å². The van der Waals surface area contributed by atoms with E-state index in [1.807, 2.05) is 0 Å². The molecule has 2 rings (SSSR count). The summed E-state index contributed by atoms with van der Waals surface area (Å²) in [6, 6.07) is 4.73. The molecule has 0 bridgehead atoms. The second kappa shape index (κ2) is 7.31. The summed E-state index contributed by atoms with van der Waals surface area (Å²) in [4.78, 5) is 15.7. The highest BCUT2D eigenvalue weighted by atomic mass is 32.2. The summed E-state index contributed by atoms with van der Waals surface area (Å²) in [7, 11) is 0. The van der Waals surface area contributed by atoms with Crippen LogP contribution in [0.15, 0.2) is 17.5 Å². The topological polar surface area (TPSA) is 46.3 Å². The van der Waals surface area contributed by atoms with E-state index in [2.05, 4.69) is 29.3 Å². The molecule has 2 unspecified atom stereocenters. The number of carbonyl (C=O) groups excluding carboxylic acids is 1. The van der Waals surface area contributed by atoms with Crippen molar-refractivity contribution in [2.24, 2.45) is 5.73 Å². The number of hydrogen-bond donors (Lipinski definition) is 1. The normalized spacial score (nSPS) is 20.7. The number of thiophene rings is 1. The van der Waals surface area contributed by atoms with Gasteiger partial charge in [-0.3, -0.25) is 4.79 Å². The molecule has 1 aliphatic heterocycles. The highest BCUT2D eigenvalue weighted by Gasteiger charge is 2.30. The van der Waals surface area contributed by atoms with Crippen LogP contribution in [0.2, 0.25) is 0 Å². The summed E-state index contributed by atoms with van der Waals surface area (Å²) in [6.45, 7) is 2.99. The quantitative estimate of drug-likeness (QED) is 0.878. The van der Waals surface area contributed by atoms with Crippen LogP contribution >= 0.6 is 23.1 Å². The SMILES string of the molecule is CCC(N)CSCC(=O)N1CCCC1c1cccs1. The molecule has 1 fully saturated rings. The van der Waals surface area contributed by atoms with Crippen molar-refractivity contribution in [1.82, 2.24) is 4.90 Å². The van der Waals surface area contributed by atoms with Gasteiger partial charge >= 0.3 is 0 Å². The highest BCUT2D eigenvalue weighted by molar-refractivity contribution is 7.99. The molecule has 3 nitrogen and oxygen atoms in total. The van der Waals surface area contributed by atoms with E-state index in [0.29, 0.717) is 11.8 Å². The van der Waals surface area contributed by atoms with Gasteiger partial charge in [0.1, 0.15) is 0 Å². The fourth-order valence-electron chi connectivity index (χ4n) is 2.34. The number of nitrogens with two attached hydrogens (primary N) is 1. The predicted molar refractivity (Wildman–Crippen MR) is 83.6 cm³/mol. The van der Waals surface area contributed by atoms with E-state index in [0.717, 1.165) is 31.6 Å². The summed E-state index contributed by atoms with van der Waals surface area (Å²) in [5.74, 6) is 1.71. The van der Waals surface area contributed by atoms with Gasteiger partial charge in [0, 0.05) is 23.2 Å². The maximum absolute atomic E-state index is 12.3. The van der Waals surface area contributed by atoms with E-state index < -0.39 is 0 Å². The second-order valence-electron chi connectivity index (χ2n) is 4.94. The van der Waals surface area contributed by atoms with Crippen molar-refractivity contribution in [1.29, 1.82) is 0 Å². The molecule has 1 amide bonds. The van der Waals surface area contributed by atoms with Crippen LogP contribution in [-0.4, -0.2) is 34.9 Å². The smallest absolute Gasteiger partial charge is 0.233 e. The Hall–Kier alpha value is -0.520. The van der Waals surface area contributed by atoms with E-state index in [1.54, 1.807) is 23.1 Å².